The molecule has 1 aliphatic heterocycles. The number of ether oxygens (including phenoxy) is 2. The number of fused-ring (bicyclic) bond motifs is 1. The van der Waals surface area contributed by atoms with Crippen LogP contribution in [0.25, 0.3) is 0 Å². The van der Waals surface area contributed by atoms with Crippen molar-refractivity contribution in [2.45, 2.75) is 122 Å². The predicted octanol–water partition coefficient (Wildman–Crippen LogP) is 6.69. The van der Waals surface area contributed by atoms with Crippen LogP contribution in [0, 0.1) is 23.2 Å². The van der Waals surface area contributed by atoms with Crippen molar-refractivity contribution < 1.29 is 19.7 Å². The molecular weight excluding hydrogens is 500 g/mol. The highest BCUT2D eigenvalue weighted by Crippen LogP contribution is 2.48. The van der Waals surface area contributed by atoms with E-state index in [1.807, 2.05) is 18.2 Å². The first kappa shape index (κ1) is 28.8. The Bertz CT molecular complexity index is 1190. The maximum Gasteiger partial charge on any atom is 0.161 e. The van der Waals surface area contributed by atoms with Crippen molar-refractivity contribution in [2.24, 2.45) is 11.3 Å². The Morgan fingerprint density at radius 3 is 2.70 bits per heavy atom. The maximum absolute atomic E-state index is 11.1. The fraction of sp³-hybridized carbons (Fsp3) is 0.618. The molecule has 3 aliphatic rings. The van der Waals surface area contributed by atoms with Gasteiger partial charge in [-0.15, -0.1) is 0 Å². The molecule has 1 spiro atoms. The number of aliphatic hydroxyl groups is 1. The Kier molecular flexibility index (Phi) is 9.55. The molecule has 3 atom stereocenters. The number of aliphatic hydroxyl groups excluding tert-OH is 1. The van der Waals surface area contributed by atoms with E-state index in [1.165, 1.54) is 44.9 Å². The first-order valence-electron chi connectivity index (χ1n) is 15.4. The SMILES string of the molecule is C[C@@H]1C#Cc2cc(N)ncc2CO[C@H](C[C@H](O)CCc2ccc(O)c(OC3CCCCC3)c2)CCC12CCCC2. The molecule has 40 heavy (non-hydrogen) atoms. The van der Waals surface area contributed by atoms with Crippen molar-refractivity contribution in [1.82, 2.24) is 4.98 Å². The lowest BCUT2D eigenvalue weighted by atomic mass is 9.71. The highest BCUT2D eigenvalue weighted by atomic mass is 16.5. The number of nitrogens with zero attached hydrogens (tertiary/aromatic N) is 1. The summed E-state index contributed by atoms with van der Waals surface area (Å²) in [6, 6.07) is 7.45. The van der Waals surface area contributed by atoms with E-state index in [4.69, 9.17) is 15.2 Å². The van der Waals surface area contributed by atoms with Crippen LogP contribution in [-0.2, 0) is 17.8 Å². The topological polar surface area (TPSA) is 97.8 Å². The molecule has 4 N–H and O–H groups in total. The Balaban J connectivity index is 1.23. The Morgan fingerprint density at radius 2 is 1.90 bits per heavy atom. The molecule has 1 aromatic heterocycles. The van der Waals surface area contributed by atoms with Gasteiger partial charge in [-0.1, -0.05) is 44.1 Å². The lowest BCUT2D eigenvalue weighted by molar-refractivity contribution is -0.0113. The molecular formula is C34H46N2O4. The molecule has 0 bridgehead atoms. The zero-order valence-electron chi connectivity index (χ0n) is 24.0. The van der Waals surface area contributed by atoms with Crippen LogP contribution in [0.1, 0.15) is 107 Å². The number of aromatic hydroxyl groups is 1. The third kappa shape index (κ3) is 7.30. The van der Waals surface area contributed by atoms with Gasteiger partial charge < -0.3 is 25.4 Å². The molecule has 0 radical (unpaired) electrons. The molecule has 2 aliphatic carbocycles. The van der Waals surface area contributed by atoms with Gasteiger partial charge in [0, 0.05) is 23.2 Å². The highest BCUT2D eigenvalue weighted by molar-refractivity contribution is 5.47. The van der Waals surface area contributed by atoms with Crippen LogP contribution in [0.5, 0.6) is 11.5 Å². The van der Waals surface area contributed by atoms with E-state index in [2.05, 4.69) is 23.7 Å². The molecule has 6 heteroatoms. The summed E-state index contributed by atoms with van der Waals surface area (Å²) < 4.78 is 12.6. The fourth-order valence-corrected chi connectivity index (χ4v) is 6.90. The third-order valence-corrected chi connectivity index (χ3v) is 9.56. The number of anilines is 1. The number of aryl methyl sites for hydroxylation is 1. The number of rotatable bonds is 7. The predicted molar refractivity (Wildman–Crippen MR) is 158 cm³/mol. The van der Waals surface area contributed by atoms with Crippen LogP contribution < -0.4 is 10.5 Å². The number of nitrogens with two attached hydrogens (primary N) is 1. The molecule has 2 saturated carbocycles. The Hall–Kier alpha value is -2.75. The van der Waals surface area contributed by atoms with Gasteiger partial charge in [-0.25, -0.2) is 4.98 Å². The summed E-state index contributed by atoms with van der Waals surface area (Å²) in [7, 11) is 0. The van der Waals surface area contributed by atoms with Crippen molar-refractivity contribution >= 4 is 5.82 Å². The summed E-state index contributed by atoms with van der Waals surface area (Å²) in [5, 5.41) is 21.5. The normalized spacial score (nSPS) is 23.9. The number of nitrogen functional groups attached to an aromatic ring is 1. The number of hydrogen-bond acceptors (Lipinski definition) is 6. The van der Waals surface area contributed by atoms with Crippen LogP contribution in [0.4, 0.5) is 5.82 Å². The molecule has 216 valence electrons. The summed E-state index contributed by atoms with van der Waals surface area (Å²) in [5.74, 6) is 8.48. The van der Waals surface area contributed by atoms with E-state index in [0.29, 0.717) is 36.9 Å². The molecule has 2 heterocycles. The quantitative estimate of drug-likeness (QED) is 0.335. The van der Waals surface area contributed by atoms with Gasteiger partial charge in [0.15, 0.2) is 11.5 Å². The average molecular weight is 547 g/mol. The van der Waals surface area contributed by atoms with E-state index in [0.717, 1.165) is 48.8 Å². The Labute approximate surface area is 239 Å². The van der Waals surface area contributed by atoms with E-state index in [-0.39, 0.29) is 23.4 Å². The number of phenolic OH excluding ortho intramolecular Hbond substituents is 1. The number of benzene rings is 1. The number of pyridine rings is 1. The molecule has 0 amide bonds. The average Bonchev–Trinajstić information content (AvgIpc) is 3.44. The summed E-state index contributed by atoms with van der Waals surface area (Å²) in [4.78, 5) is 4.28. The van der Waals surface area contributed by atoms with Crippen molar-refractivity contribution in [3.05, 3.63) is 47.2 Å². The molecule has 1 aromatic carbocycles. The number of hydrogen-bond donors (Lipinski definition) is 3. The molecule has 0 saturated heterocycles. The van der Waals surface area contributed by atoms with Crippen molar-refractivity contribution in [1.29, 1.82) is 0 Å². The van der Waals surface area contributed by atoms with Crippen LogP contribution in [0.15, 0.2) is 30.5 Å². The summed E-state index contributed by atoms with van der Waals surface area (Å²) in [5.41, 5.74) is 9.11. The van der Waals surface area contributed by atoms with Gasteiger partial charge in [0.1, 0.15) is 5.82 Å². The molecule has 2 fully saturated rings. The minimum atomic E-state index is -0.483. The molecule has 5 rings (SSSR count). The second-order valence-corrected chi connectivity index (χ2v) is 12.4. The van der Waals surface area contributed by atoms with Crippen LogP contribution in [0.3, 0.4) is 0 Å². The lowest BCUT2D eigenvalue weighted by Gasteiger charge is -2.34. The van der Waals surface area contributed by atoms with Crippen molar-refractivity contribution in [3.8, 4) is 23.3 Å². The largest absolute Gasteiger partial charge is 0.504 e. The minimum Gasteiger partial charge on any atom is -0.504 e. The van der Waals surface area contributed by atoms with Gasteiger partial charge in [0.2, 0.25) is 0 Å². The summed E-state index contributed by atoms with van der Waals surface area (Å²) in [6.07, 6.45) is 16.0. The second-order valence-electron chi connectivity index (χ2n) is 12.4. The van der Waals surface area contributed by atoms with E-state index in [1.54, 1.807) is 12.3 Å². The van der Waals surface area contributed by atoms with Crippen molar-refractivity contribution in [3.63, 3.8) is 0 Å². The zero-order chi connectivity index (χ0) is 28.0. The smallest absolute Gasteiger partial charge is 0.161 e. The zero-order valence-corrected chi connectivity index (χ0v) is 24.0. The number of phenols is 1. The lowest BCUT2D eigenvalue weighted by Crippen LogP contribution is -2.28. The minimum absolute atomic E-state index is 0.0480. The first-order chi connectivity index (χ1) is 19.4. The first-order valence-corrected chi connectivity index (χ1v) is 15.4. The third-order valence-electron chi connectivity index (χ3n) is 9.56. The van der Waals surface area contributed by atoms with E-state index < -0.39 is 6.10 Å². The van der Waals surface area contributed by atoms with Gasteiger partial charge >= 0.3 is 0 Å². The van der Waals surface area contributed by atoms with Gasteiger partial charge in [0.05, 0.1) is 24.9 Å². The van der Waals surface area contributed by atoms with Gasteiger partial charge in [0.25, 0.3) is 0 Å². The van der Waals surface area contributed by atoms with Crippen LogP contribution in [0.2, 0.25) is 0 Å². The molecule has 2 aromatic rings. The fourth-order valence-electron chi connectivity index (χ4n) is 6.90. The second kappa shape index (κ2) is 13.3. The maximum atomic E-state index is 11.1. The van der Waals surface area contributed by atoms with Crippen LogP contribution >= 0.6 is 0 Å². The molecule has 0 unspecified atom stereocenters. The van der Waals surface area contributed by atoms with E-state index in [9.17, 15) is 10.2 Å². The van der Waals surface area contributed by atoms with E-state index >= 15 is 0 Å². The van der Waals surface area contributed by atoms with Gasteiger partial charge in [-0.05, 0) is 99.8 Å². The van der Waals surface area contributed by atoms with Crippen molar-refractivity contribution in [2.75, 3.05) is 5.73 Å². The Morgan fingerprint density at radius 1 is 1.10 bits per heavy atom. The van der Waals surface area contributed by atoms with Gasteiger partial charge in [-0.3, -0.25) is 0 Å². The highest BCUT2D eigenvalue weighted by Gasteiger charge is 2.39. The summed E-state index contributed by atoms with van der Waals surface area (Å²) in [6.45, 7) is 2.69. The van der Waals surface area contributed by atoms with Crippen LogP contribution in [-0.4, -0.2) is 33.5 Å². The molecule has 6 nitrogen and oxygen atoms in total. The number of aromatic nitrogens is 1. The monoisotopic (exact) mass is 546 g/mol. The van der Waals surface area contributed by atoms with Gasteiger partial charge in [-0.2, -0.15) is 0 Å². The summed E-state index contributed by atoms with van der Waals surface area (Å²) >= 11 is 0. The standard InChI is InChI=1S/C34H46N2O4/c1-24-9-12-26-20-33(35)36-22-27(26)23-39-30(15-18-34(24)16-5-6-17-34)21-28(37)13-10-25-11-14-31(38)32(19-25)40-29-7-3-2-4-8-29/h11,14,19-20,22,24,28-30,37-38H,2-8,10,13,15-18,21,23H2,1H3,(H2,35,36)/t24-,28-,30+/m1/s1.